The van der Waals surface area contributed by atoms with E-state index >= 15 is 0 Å². The van der Waals surface area contributed by atoms with Gasteiger partial charge in [0.25, 0.3) is 0 Å². The topological polar surface area (TPSA) is 77.8 Å². The van der Waals surface area contributed by atoms with Crippen LogP contribution in [-0.4, -0.2) is 45.7 Å². The standard InChI is InChI=1S/C12H19NO4/c1-11(7-14,8-15)13-9(16)6-12(10(13)17)4-2-3-5-12/h14-15H,2-8H2,1H3. The fraction of sp³-hybridized carbons (Fsp3) is 0.833. The molecular formula is C12H19NO4. The van der Waals surface area contributed by atoms with Gasteiger partial charge in [-0.3, -0.25) is 14.5 Å². The maximum Gasteiger partial charge on any atom is 0.236 e. The predicted octanol–water partition coefficient (Wildman–Crippen LogP) is 0.0490. The largest absolute Gasteiger partial charge is 0.394 e. The second kappa shape index (κ2) is 4.07. The number of hydrogen-bond acceptors (Lipinski definition) is 4. The van der Waals surface area contributed by atoms with Gasteiger partial charge in [-0.1, -0.05) is 12.8 Å². The van der Waals surface area contributed by atoms with Gasteiger partial charge in [-0.2, -0.15) is 0 Å². The molecule has 2 fully saturated rings. The van der Waals surface area contributed by atoms with Crippen molar-refractivity contribution in [2.45, 2.75) is 44.6 Å². The first-order valence-corrected chi connectivity index (χ1v) is 6.08. The highest BCUT2D eigenvalue weighted by molar-refractivity contribution is 6.06. The number of rotatable bonds is 3. The Morgan fingerprint density at radius 2 is 1.76 bits per heavy atom. The van der Waals surface area contributed by atoms with Crippen LogP contribution in [0.1, 0.15) is 39.0 Å². The summed E-state index contributed by atoms with van der Waals surface area (Å²) in [4.78, 5) is 25.5. The van der Waals surface area contributed by atoms with Crippen LogP contribution in [0.15, 0.2) is 0 Å². The van der Waals surface area contributed by atoms with Crippen molar-refractivity contribution in [3.63, 3.8) is 0 Å². The first-order valence-electron chi connectivity index (χ1n) is 6.08. The highest BCUT2D eigenvalue weighted by atomic mass is 16.3. The first kappa shape index (κ1) is 12.5. The Morgan fingerprint density at radius 1 is 1.24 bits per heavy atom. The van der Waals surface area contributed by atoms with E-state index in [0.29, 0.717) is 0 Å². The number of likely N-dealkylation sites (tertiary alicyclic amines) is 1. The zero-order valence-corrected chi connectivity index (χ0v) is 10.1. The maximum absolute atomic E-state index is 12.4. The molecule has 2 aliphatic rings. The summed E-state index contributed by atoms with van der Waals surface area (Å²) in [5, 5.41) is 18.6. The molecule has 1 aliphatic heterocycles. The van der Waals surface area contributed by atoms with Crippen molar-refractivity contribution in [2.75, 3.05) is 13.2 Å². The monoisotopic (exact) mass is 241 g/mol. The average Bonchev–Trinajstić information content (AvgIpc) is 2.86. The van der Waals surface area contributed by atoms with E-state index in [9.17, 15) is 19.8 Å². The Hall–Kier alpha value is -0.940. The highest BCUT2D eigenvalue weighted by Crippen LogP contribution is 2.48. The molecule has 0 aromatic rings. The van der Waals surface area contributed by atoms with Crippen molar-refractivity contribution in [3.05, 3.63) is 0 Å². The molecule has 17 heavy (non-hydrogen) atoms. The molecule has 1 saturated heterocycles. The molecule has 5 heteroatoms. The van der Waals surface area contributed by atoms with Crippen molar-refractivity contribution in [1.29, 1.82) is 0 Å². The molecule has 0 bridgehead atoms. The highest BCUT2D eigenvalue weighted by Gasteiger charge is 2.56. The lowest BCUT2D eigenvalue weighted by atomic mass is 9.84. The van der Waals surface area contributed by atoms with Crippen LogP contribution in [-0.2, 0) is 9.59 Å². The summed E-state index contributed by atoms with van der Waals surface area (Å²) in [6, 6.07) is 0. The van der Waals surface area contributed by atoms with E-state index in [0.717, 1.165) is 30.6 Å². The molecule has 0 radical (unpaired) electrons. The van der Waals surface area contributed by atoms with Gasteiger partial charge in [-0.25, -0.2) is 0 Å². The van der Waals surface area contributed by atoms with E-state index in [1.807, 2.05) is 0 Å². The lowest BCUT2D eigenvalue weighted by Gasteiger charge is -2.35. The van der Waals surface area contributed by atoms with E-state index in [-0.39, 0.29) is 18.2 Å². The summed E-state index contributed by atoms with van der Waals surface area (Å²) in [7, 11) is 0. The van der Waals surface area contributed by atoms with Gasteiger partial charge in [0.15, 0.2) is 0 Å². The molecule has 2 N–H and O–H groups in total. The minimum Gasteiger partial charge on any atom is -0.394 e. The number of hydrogen-bond donors (Lipinski definition) is 2. The van der Waals surface area contributed by atoms with Crippen LogP contribution in [0.2, 0.25) is 0 Å². The third-order valence-electron chi connectivity index (χ3n) is 4.18. The van der Waals surface area contributed by atoms with Crippen LogP contribution in [0, 0.1) is 5.41 Å². The molecule has 96 valence electrons. The minimum atomic E-state index is -1.17. The normalized spacial score (nSPS) is 24.1. The van der Waals surface area contributed by atoms with Crippen molar-refractivity contribution in [2.24, 2.45) is 5.41 Å². The summed E-state index contributed by atoms with van der Waals surface area (Å²) in [6.07, 6.45) is 3.69. The number of amides is 2. The minimum absolute atomic E-state index is 0.203. The van der Waals surface area contributed by atoms with Crippen molar-refractivity contribution >= 4 is 11.8 Å². The van der Waals surface area contributed by atoms with Crippen LogP contribution in [0.25, 0.3) is 0 Å². The molecule has 0 aromatic heterocycles. The fourth-order valence-electron chi connectivity index (χ4n) is 2.97. The second-order valence-electron chi connectivity index (χ2n) is 5.51. The Labute approximate surface area is 100 Å². The number of nitrogens with zero attached hydrogens (tertiary/aromatic N) is 1. The number of carbonyl (C=O) groups excluding carboxylic acids is 2. The summed E-state index contributed by atoms with van der Waals surface area (Å²) < 4.78 is 0. The molecular weight excluding hydrogens is 222 g/mol. The molecule has 1 aliphatic carbocycles. The number of carbonyl (C=O) groups is 2. The van der Waals surface area contributed by atoms with Gasteiger partial charge in [-0.05, 0) is 19.8 Å². The molecule has 5 nitrogen and oxygen atoms in total. The second-order valence-corrected chi connectivity index (χ2v) is 5.51. The predicted molar refractivity (Wildman–Crippen MR) is 59.9 cm³/mol. The summed E-state index contributed by atoms with van der Waals surface area (Å²) in [6.45, 7) is 0.727. The molecule has 0 atom stereocenters. The summed E-state index contributed by atoms with van der Waals surface area (Å²) in [5.74, 6) is -0.465. The maximum atomic E-state index is 12.4. The van der Waals surface area contributed by atoms with E-state index in [4.69, 9.17) is 0 Å². The molecule has 1 heterocycles. The van der Waals surface area contributed by atoms with E-state index in [2.05, 4.69) is 0 Å². The molecule has 0 aromatic carbocycles. The molecule has 1 spiro atoms. The van der Waals surface area contributed by atoms with Crippen LogP contribution in [0.4, 0.5) is 0 Å². The van der Waals surface area contributed by atoms with Crippen LogP contribution in [0.5, 0.6) is 0 Å². The third-order valence-corrected chi connectivity index (χ3v) is 4.18. The Morgan fingerprint density at radius 3 is 2.24 bits per heavy atom. The smallest absolute Gasteiger partial charge is 0.236 e. The van der Waals surface area contributed by atoms with Crippen LogP contribution >= 0.6 is 0 Å². The Bertz CT molecular complexity index is 342. The van der Waals surface area contributed by atoms with Crippen molar-refractivity contribution < 1.29 is 19.8 Å². The van der Waals surface area contributed by atoms with Gasteiger partial charge in [0.05, 0.1) is 24.2 Å². The number of aliphatic hydroxyl groups excluding tert-OH is 2. The molecule has 0 unspecified atom stereocenters. The van der Waals surface area contributed by atoms with Crippen LogP contribution < -0.4 is 0 Å². The molecule has 1 saturated carbocycles. The molecule has 2 amide bonds. The van der Waals surface area contributed by atoms with Gasteiger partial charge < -0.3 is 10.2 Å². The van der Waals surface area contributed by atoms with Gasteiger partial charge in [0.1, 0.15) is 0 Å². The lowest BCUT2D eigenvalue weighted by molar-refractivity contribution is -0.152. The summed E-state index contributed by atoms with van der Waals surface area (Å²) in [5.41, 5.74) is -1.71. The van der Waals surface area contributed by atoms with Crippen molar-refractivity contribution in [3.8, 4) is 0 Å². The zero-order valence-electron chi connectivity index (χ0n) is 10.1. The van der Waals surface area contributed by atoms with E-state index < -0.39 is 24.2 Å². The quantitative estimate of drug-likeness (QED) is 0.684. The lowest BCUT2D eigenvalue weighted by Crippen LogP contribution is -2.55. The Kier molecular flexibility index (Phi) is 2.99. The first-order chi connectivity index (χ1) is 7.99. The molecule has 2 rings (SSSR count). The van der Waals surface area contributed by atoms with Gasteiger partial charge >= 0.3 is 0 Å². The fourth-order valence-corrected chi connectivity index (χ4v) is 2.97. The number of imide groups is 1. The number of aliphatic hydroxyl groups is 2. The van der Waals surface area contributed by atoms with Crippen LogP contribution in [0.3, 0.4) is 0 Å². The third kappa shape index (κ3) is 1.68. The van der Waals surface area contributed by atoms with E-state index in [1.54, 1.807) is 0 Å². The average molecular weight is 241 g/mol. The van der Waals surface area contributed by atoms with Gasteiger partial charge in [-0.15, -0.1) is 0 Å². The Balaban J connectivity index is 2.31. The van der Waals surface area contributed by atoms with Gasteiger partial charge in [0, 0.05) is 6.42 Å². The van der Waals surface area contributed by atoms with Crippen molar-refractivity contribution in [1.82, 2.24) is 4.90 Å². The SMILES string of the molecule is CC(CO)(CO)N1C(=O)CC2(CCCC2)C1=O. The summed E-state index contributed by atoms with van der Waals surface area (Å²) >= 11 is 0. The van der Waals surface area contributed by atoms with E-state index in [1.165, 1.54) is 6.92 Å². The zero-order chi connectivity index (χ0) is 12.7. The van der Waals surface area contributed by atoms with Gasteiger partial charge in [0.2, 0.25) is 11.8 Å².